The molecule has 3 rings (SSSR count). The van der Waals surface area contributed by atoms with Crippen molar-refractivity contribution in [2.24, 2.45) is 7.05 Å². The second-order valence-electron chi connectivity index (χ2n) is 8.04. The lowest BCUT2D eigenvalue weighted by molar-refractivity contribution is 0.0767. The Kier molecular flexibility index (Phi) is 7.14. The first-order chi connectivity index (χ1) is 13.9. The number of aryl methyl sites for hydroxylation is 1. The molecule has 0 N–H and O–H groups in total. The average Bonchev–Trinajstić information content (AvgIpc) is 3.35. The number of aromatic nitrogens is 2. The van der Waals surface area contributed by atoms with E-state index in [-0.39, 0.29) is 5.91 Å². The molecule has 0 bridgehead atoms. The van der Waals surface area contributed by atoms with Crippen LogP contribution in [0.4, 0.5) is 0 Å². The molecule has 2 aromatic rings. The van der Waals surface area contributed by atoms with Crippen molar-refractivity contribution < 1.29 is 9.21 Å². The Balaban J connectivity index is 1.70. The van der Waals surface area contributed by atoms with E-state index in [2.05, 4.69) is 35.8 Å². The maximum atomic E-state index is 13.1. The van der Waals surface area contributed by atoms with Crippen molar-refractivity contribution in [3.05, 3.63) is 41.1 Å². The highest BCUT2D eigenvalue weighted by molar-refractivity contribution is 5.94. The molecule has 1 atom stereocenters. The number of likely N-dealkylation sites (N-methyl/N-ethyl adjacent to an activating group) is 2. The minimum atomic E-state index is -0.0373. The van der Waals surface area contributed by atoms with E-state index >= 15 is 0 Å². The number of nitrogens with zero attached hydrogens (tertiary/aromatic N) is 5. The number of carbonyl (C=O) groups is 1. The van der Waals surface area contributed by atoms with Gasteiger partial charge in [0.1, 0.15) is 5.76 Å². The highest BCUT2D eigenvalue weighted by Gasteiger charge is 2.31. The summed E-state index contributed by atoms with van der Waals surface area (Å²) in [4.78, 5) is 19.7. The smallest absolute Gasteiger partial charge is 0.274 e. The van der Waals surface area contributed by atoms with Crippen molar-refractivity contribution in [3.8, 4) is 0 Å². The lowest BCUT2D eigenvalue weighted by Crippen LogP contribution is -2.41. The summed E-state index contributed by atoms with van der Waals surface area (Å²) in [6.07, 6.45) is 4.59. The van der Waals surface area contributed by atoms with Crippen molar-refractivity contribution in [1.29, 1.82) is 0 Å². The van der Waals surface area contributed by atoms with E-state index in [0.29, 0.717) is 18.3 Å². The van der Waals surface area contributed by atoms with Gasteiger partial charge in [0.2, 0.25) is 0 Å². The molecular weight excluding hydrogens is 366 g/mol. The van der Waals surface area contributed by atoms with Crippen molar-refractivity contribution in [1.82, 2.24) is 24.5 Å². The highest BCUT2D eigenvalue weighted by Crippen LogP contribution is 2.27. The molecule has 7 heteroatoms. The van der Waals surface area contributed by atoms with Crippen molar-refractivity contribution in [2.45, 2.75) is 45.7 Å². The molecule has 2 aromatic heterocycles. The van der Waals surface area contributed by atoms with Gasteiger partial charge in [-0.05, 0) is 51.5 Å². The van der Waals surface area contributed by atoms with Gasteiger partial charge in [0.15, 0.2) is 5.69 Å². The van der Waals surface area contributed by atoms with Crippen LogP contribution in [-0.2, 0) is 26.4 Å². The van der Waals surface area contributed by atoms with Gasteiger partial charge in [0, 0.05) is 44.5 Å². The predicted octanol–water partition coefficient (Wildman–Crippen LogP) is 2.42. The topological polar surface area (TPSA) is 57.8 Å². The number of hydrogen-bond donors (Lipinski definition) is 0. The third-order valence-electron chi connectivity index (χ3n) is 6.24. The number of furan rings is 1. The minimum absolute atomic E-state index is 0.0373. The lowest BCUT2D eigenvalue weighted by Gasteiger charge is -2.33. The first-order valence-electron chi connectivity index (χ1n) is 10.7. The van der Waals surface area contributed by atoms with E-state index in [4.69, 9.17) is 4.42 Å². The van der Waals surface area contributed by atoms with Gasteiger partial charge < -0.3 is 19.1 Å². The van der Waals surface area contributed by atoms with Gasteiger partial charge in [-0.2, -0.15) is 5.10 Å². The van der Waals surface area contributed by atoms with Crippen LogP contribution >= 0.6 is 0 Å². The van der Waals surface area contributed by atoms with Crippen LogP contribution in [0, 0.1) is 0 Å². The van der Waals surface area contributed by atoms with Gasteiger partial charge in [-0.15, -0.1) is 0 Å². The van der Waals surface area contributed by atoms with Gasteiger partial charge in [0.05, 0.1) is 12.8 Å². The van der Waals surface area contributed by atoms with Crippen LogP contribution in [0.25, 0.3) is 0 Å². The monoisotopic (exact) mass is 401 g/mol. The lowest BCUT2D eigenvalue weighted by atomic mass is 9.90. The molecule has 1 aliphatic rings. The maximum absolute atomic E-state index is 13.1. The van der Waals surface area contributed by atoms with Crippen molar-refractivity contribution in [2.75, 3.05) is 40.3 Å². The standard InChI is InChI=1S/C22H35N5O2/c1-6-27(7-2)13-12-24(3)17-10-11-20-19(15-17)21(23-26(20)5)22(28)25(4)16-18-9-8-14-29-18/h8-9,14,17H,6-7,10-13,15-16H2,1-5H3/t17-/m0/s1. The second kappa shape index (κ2) is 9.59. The summed E-state index contributed by atoms with van der Waals surface area (Å²) < 4.78 is 7.29. The Morgan fingerprint density at radius 1 is 1.28 bits per heavy atom. The van der Waals surface area contributed by atoms with E-state index in [0.717, 1.165) is 56.8 Å². The summed E-state index contributed by atoms with van der Waals surface area (Å²) in [5.41, 5.74) is 2.92. The summed E-state index contributed by atoms with van der Waals surface area (Å²) in [6.45, 7) is 9.17. The zero-order chi connectivity index (χ0) is 21.0. The van der Waals surface area contributed by atoms with Gasteiger partial charge in [-0.25, -0.2) is 0 Å². The molecule has 0 unspecified atom stereocenters. The van der Waals surface area contributed by atoms with Crippen LogP contribution in [-0.4, -0.2) is 76.7 Å². The molecular formula is C22H35N5O2. The first-order valence-corrected chi connectivity index (χ1v) is 10.7. The quantitative estimate of drug-likeness (QED) is 0.646. The molecule has 0 spiro atoms. The van der Waals surface area contributed by atoms with Crippen LogP contribution in [0.5, 0.6) is 0 Å². The SMILES string of the molecule is CCN(CC)CCN(C)[C@H]1CCc2c(c(C(=O)N(C)Cc3ccco3)nn2C)C1. The average molecular weight is 402 g/mol. The van der Waals surface area contributed by atoms with Crippen LogP contribution in [0.2, 0.25) is 0 Å². The van der Waals surface area contributed by atoms with Crippen LogP contribution in [0.1, 0.15) is 47.8 Å². The van der Waals surface area contributed by atoms with E-state index in [9.17, 15) is 4.79 Å². The largest absolute Gasteiger partial charge is 0.467 e. The number of rotatable bonds is 9. The van der Waals surface area contributed by atoms with E-state index in [1.165, 1.54) is 5.69 Å². The number of hydrogen-bond acceptors (Lipinski definition) is 5. The van der Waals surface area contributed by atoms with Crippen LogP contribution in [0.3, 0.4) is 0 Å². The van der Waals surface area contributed by atoms with E-state index in [1.54, 1.807) is 11.2 Å². The molecule has 7 nitrogen and oxygen atoms in total. The normalized spacial score (nSPS) is 16.4. The molecule has 0 radical (unpaired) electrons. The number of carbonyl (C=O) groups excluding carboxylic acids is 1. The summed E-state index contributed by atoms with van der Waals surface area (Å²) in [5.74, 6) is 0.740. The number of fused-ring (bicyclic) bond motifs is 1. The van der Waals surface area contributed by atoms with Gasteiger partial charge in [-0.1, -0.05) is 13.8 Å². The van der Waals surface area contributed by atoms with Crippen LogP contribution < -0.4 is 0 Å². The molecule has 0 fully saturated rings. The third-order valence-corrected chi connectivity index (χ3v) is 6.24. The number of amides is 1. The van der Waals surface area contributed by atoms with Gasteiger partial charge in [0.25, 0.3) is 5.91 Å². The summed E-state index contributed by atoms with van der Waals surface area (Å²) in [5, 5.41) is 4.61. The second-order valence-corrected chi connectivity index (χ2v) is 8.04. The molecule has 0 aromatic carbocycles. The van der Waals surface area contributed by atoms with E-state index < -0.39 is 0 Å². The summed E-state index contributed by atoms with van der Waals surface area (Å²) in [7, 11) is 5.97. The minimum Gasteiger partial charge on any atom is -0.467 e. The molecule has 0 saturated heterocycles. The summed E-state index contributed by atoms with van der Waals surface area (Å²) >= 11 is 0. The molecule has 2 heterocycles. The molecule has 0 saturated carbocycles. The zero-order valence-corrected chi connectivity index (χ0v) is 18.5. The van der Waals surface area contributed by atoms with Gasteiger partial charge >= 0.3 is 0 Å². The van der Waals surface area contributed by atoms with Crippen molar-refractivity contribution >= 4 is 5.91 Å². The highest BCUT2D eigenvalue weighted by atomic mass is 16.3. The Labute approximate surface area is 174 Å². The Bertz CT molecular complexity index is 794. The zero-order valence-electron chi connectivity index (χ0n) is 18.5. The first kappa shape index (κ1) is 21.6. The maximum Gasteiger partial charge on any atom is 0.274 e. The molecule has 0 aliphatic heterocycles. The van der Waals surface area contributed by atoms with Crippen molar-refractivity contribution in [3.63, 3.8) is 0 Å². The molecule has 1 amide bonds. The molecule has 29 heavy (non-hydrogen) atoms. The fourth-order valence-corrected chi connectivity index (χ4v) is 4.23. The summed E-state index contributed by atoms with van der Waals surface area (Å²) in [6, 6.07) is 4.18. The van der Waals surface area contributed by atoms with Crippen LogP contribution in [0.15, 0.2) is 22.8 Å². The molecule has 1 aliphatic carbocycles. The fraction of sp³-hybridized carbons (Fsp3) is 0.636. The van der Waals surface area contributed by atoms with E-state index in [1.807, 2.05) is 30.9 Å². The fourth-order valence-electron chi connectivity index (χ4n) is 4.23. The third kappa shape index (κ3) is 4.90. The predicted molar refractivity (Wildman–Crippen MR) is 114 cm³/mol. The Morgan fingerprint density at radius 3 is 2.69 bits per heavy atom. The Morgan fingerprint density at radius 2 is 2.03 bits per heavy atom. The molecule has 160 valence electrons. The van der Waals surface area contributed by atoms with Gasteiger partial charge in [-0.3, -0.25) is 9.48 Å². The Hall–Kier alpha value is -2.12.